The van der Waals surface area contributed by atoms with Gasteiger partial charge in [0, 0.05) is 17.6 Å². The Kier molecular flexibility index (Phi) is 7.31. The van der Waals surface area contributed by atoms with Crippen molar-refractivity contribution in [1.82, 2.24) is 14.8 Å². The maximum atomic E-state index is 13.3. The van der Waals surface area contributed by atoms with E-state index >= 15 is 0 Å². The molecule has 0 spiro atoms. The Bertz CT molecular complexity index is 1210. The number of carbonyl (C=O) groups excluding carboxylic acids is 1. The molecular weight excluding hydrogens is 456 g/mol. The van der Waals surface area contributed by atoms with Crippen LogP contribution in [-0.4, -0.2) is 40.6 Å². The highest BCUT2D eigenvalue weighted by atomic mass is 32.2. The molecule has 0 saturated carbocycles. The number of para-hydroxylation sites is 1. The van der Waals surface area contributed by atoms with Gasteiger partial charge in [0.25, 0.3) is 0 Å². The summed E-state index contributed by atoms with van der Waals surface area (Å²) in [6.45, 7) is 0.509. The van der Waals surface area contributed by atoms with E-state index in [1.807, 2.05) is 77.7 Å². The van der Waals surface area contributed by atoms with Crippen molar-refractivity contribution in [3.05, 3.63) is 70.9 Å². The van der Waals surface area contributed by atoms with Crippen LogP contribution in [0.25, 0.3) is 11.4 Å². The minimum absolute atomic E-state index is 0.0135. The number of amides is 1. The molecule has 0 atom stereocenters. The zero-order chi connectivity index (χ0) is 23.2. The second kappa shape index (κ2) is 10.5. The SMILES string of the molecule is COc1ccc(N(Cc2cccs2)C(=O)CSc2nnc(-c3ccccc3OC)n2C)cc1. The van der Waals surface area contributed by atoms with Gasteiger partial charge in [-0.2, -0.15) is 0 Å². The summed E-state index contributed by atoms with van der Waals surface area (Å²) in [7, 11) is 5.15. The number of thioether (sulfide) groups is 1. The van der Waals surface area contributed by atoms with Gasteiger partial charge >= 0.3 is 0 Å². The van der Waals surface area contributed by atoms with E-state index in [1.165, 1.54) is 11.8 Å². The van der Waals surface area contributed by atoms with Crippen LogP contribution in [-0.2, 0) is 18.4 Å². The minimum Gasteiger partial charge on any atom is -0.497 e. The van der Waals surface area contributed by atoms with Gasteiger partial charge in [-0.3, -0.25) is 4.79 Å². The van der Waals surface area contributed by atoms with Crippen molar-refractivity contribution in [2.24, 2.45) is 7.05 Å². The number of hydrogen-bond acceptors (Lipinski definition) is 7. The normalized spacial score (nSPS) is 10.8. The lowest BCUT2D eigenvalue weighted by atomic mass is 10.2. The molecule has 0 unspecified atom stereocenters. The first-order chi connectivity index (χ1) is 16.1. The molecule has 0 aliphatic carbocycles. The predicted octanol–water partition coefficient (Wildman–Crippen LogP) is 4.89. The second-order valence-electron chi connectivity index (χ2n) is 7.11. The quantitative estimate of drug-likeness (QED) is 0.318. The van der Waals surface area contributed by atoms with Gasteiger partial charge < -0.3 is 18.9 Å². The zero-order valence-corrected chi connectivity index (χ0v) is 20.2. The molecule has 33 heavy (non-hydrogen) atoms. The Labute approximate surface area is 201 Å². The Hall–Kier alpha value is -3.30. The fourth-order valence-corrected chi connectivity index (χ4v) is 4.83. The van der Waals surface area contributed by atoms with Crippen molar-refractivity contribution in [3.63, 3.8) is 0 Å². The number of thiophene rings is 1. The van der Waals surface area contributed by atoms with Gasteiger partial charge in [-0.15, -0.1) is 21.5 Å². The first-order valence-corrected chi connectivity index (χ1v) is 12.1. The molecule has 9 heteroatoms. The number of hydrogen-bond donors (Lipinski definition) is 0. The molecule has 170 valence electrons. The van der Waals surface area contributed by atoms with Crippen LogP contribution < -0.4 is 14.4 Å². The molecule has 0 radical (unpaired) electrons. The van der Waals surface area contributed by atoms with E-state index < -0.39 is 0 Å². The molecule has 4 aromatic rings. The fraction of sp³-hybridized carbons (Fsp3) is 0.208. The summed E-state index contributed by atoms with van der Waals surface area (Å²) in [6.07, 6.45) is 0. The molecular formula is C24H24N4O3S2. The summed E-state index contributed by atoms with van der Waals surface area (Å²) < 4.78 is 12.6. The van der Waals surface area contributed by atoms with Crippen LogP contribution in [0, 0.1) is 0 Å². The van der Waals surface area contributed by atoms with Crippen LogP contribution in [0.15, 0.2) is 71.2 Å². The third-order valence-electron chi connectivity index (χ3n) is 5.09. The van der Waals surface area contributed by atoms with Crippen LogP contribution in [0.4, 0.5) is 5.69 Å². The summed E-state index contributed by atoms with van der Waals surface area (Å²) in [5, 5.41) is 11.3. The van der Waals surface area contributed by atoms with Crippen molar-refractivity contribution in [3.8, 4) is 22.9 Å². The summed E-state index contributed by atoms with van der Waals surface area (Å²) >= 11 is 2.99. The molecule has 0 saturated heterocycles. The highest BCUT2D eigenvalue weighted by Gasteiger charge is 2.20. The average Bonchev–Trinajstić information content (AvgIpc) is 3.50. The first-order valence-electron chi connectivity index (χ1n) is 10.2. The van der Waals surface area contributed by atoms with E-state index in [-0.39, 0.29) is 11.7 Å². The van der Waals surface area contributed by atoms with Crippen molar-refractivity contribution in [2.75, 3.05) is 24.9 Å². The minimum atomic E-state index is -0.0135. The number of aromatic nitrogens is 3. The summed E-state index contributed by atoms with van der Waals surface area (Å²) in [6, 6.07) is 19.2. The highest BCUT2D eigenvalue weighted by Crippen LogP contribution is 2.30. The highest BCUT2D eigenvalue weighted by molar-refractivity contribution is 7.99. The molecule has 2 aromatic heterocycles. The van der Waals surface area contributed by atoms with Crippen LogP contribution in [0.3, 0.4) is 0 Å². The first kappa shape index (κ1) is 22.9. The lowest BCUT2D eigenvalue weighted by molar-refractivity contribution is -0.116. The number of methoxy groups -OCH3 is 2. The maximum Gasteiger partial charge on any atom is 0.237 e. The van der Waals surface area contributed by atoms with E-state index in [9.17, 15) is 4.79 Å². The van der Waals surface area contributed by atoms with Crippen LogP contribution >= 0.6 is 23.1 Å². The van der Waals surface area contributed by atoms with Gasteiger partial charge in [0.1, 0.15) is 11.5 Å². The number of nitrogens with zero attached hydrogens (tertiary/aromatic N) is 4. The van der Waals surface area contributed by atoms with Gasteiger partial charge in [-0.05, 0) is 47.8 Å². The van der Waals surface area contributed by atoms with E-state index in [1.54, 1.807) is 30.5 Å². The Morgan fingerprint density at radius 2 is 1.82 bits per heavy atom. The van der Waals surface area contributed by atoms with Gasteiger partial charge in [0.05, 0.1) is 32.1 Å². The standard InChI is InChI=1S/C24H24N4O3S2/c1-27-23(20-8-4-5-9-21(20)31-3)25-26-24(27)33-16-22(29)28(15-19-7-6-14-32-19)17-10-12-18(30-2)13-11-17/h4-14H,15-16H2,1-3H3. The van der Waals surface area contributed by atoms with E-state index in [0.717, 1.165) is 27.6 Å². The topological polar surface area (TPSA) is 69.5 Å². The Morgan fingerprint density at radius 3 is 2.52 bits per heavy atom. The van der Waals surface area contributed by atoms with E-state index in [0.29, 0.717) is 17.5 Å². The monoisotopic (exact) mass is 480 g/mol. The van der Waals surface area contributed by atoms with E-state index in [4.69, 9.17) is 9.47 Å². The molecule has 1 amide bonds. The fourth-order valence-electron chi connectivity index (χ4n) is 3.35. The predicted molar refractivity (Wildman–Crippen MR) is 132 cm³/mol. The third kappa shape index (κ3) is 5.20. The largest absolute Gasteiger partial charge is 0.497 e. The molecule has 4 rings (SSSR count). The Morgan fingerprint density at radius 1 is 1.03 bits per heavy atom. The van der Waals surface area contributed by atoms with Crippen LogP contribution in [0.1, 0.15) is 4.88 Å². The number of rotatable bonds is 9. The van der Waals surface area contributed by atoms with Crippen molar-refractivity contribution < 1.29 is 14.3 Å². The molecule has 2 aromatic carbocycles. The van der Waals surface area contributed by atoms with Crippen molar-refractivity contribution >= 4 is 34.7 Å². The third-order valence-corrected chi connectivity index (χ3v) is 6.95. The summed E-state index contributed by atoms with van der Waals surface area (Å²) in [5.41, 5.74) is 1.67. The van der Waals surface area contributed by atoms with Crippen molar-refractivity contribution in [2.45, 2.75) is 11.7 Å². The van der Waals surface area contributed by atoms with Gasteiger partial charge in [0.2, 0.25) is 5.91 Å². The Balaban J connectivity index is 1.52. The smallest absolute Gasteiger partial charge is 0.237 e. The summed E-state index contributed by atoms with van der Waals surface area (Å²) in [5.74, 6) is 2.38. The zero-order valence-electron chi connectivity index (χ0n) is 18.6. The summed E-state index contributed by atoms with van der Waals surface area (Å²) in [4.78, 5) is 16.2. The molecule has 0 N–H and O–H groups in total. The van der Waals surface area contributed by atoms with Gasteiger partial charge in [-0.1, -0.05) is 30.0 Å². The molecule has 0 fully saturated rings. The number of benzene rings is 2. The average molecular weight is 481 g/mol. The van der Waals surface area contributed by atoms with Gasteiger partial charge in [-0.25, -0.2) is 0 Å². The van der Waals surface area contributed by atoms with Crippen molar-refractivity contribution in [1.29, 1.82) is 0 Å². The molecule has 7 nitrogen and oxygen atoms in total. The number of ether oxygens (including phenoxy) is 2. The molecule has 2 heterocycles. The molecule has 0 bridgehead atoms. The second-order valence-corrected chi connectivity index (χ2v) is 9.09. The lowest BCUT2D eigenvalue weighted by Crippen LogP contribution is -2.31. The molecule has 0 aliphatic heterocycles. The van der Waals surface area contributed by atoms with Gasteiger partial charge in [0.15, 0.2) is 11.0 Å². The molecule has 0 aliphatic rings. The van der Waals surface area contributed by atoms with Crippen LogP contribution in [0.5, 0.6) is 11.5 Å². The van der Waals surface area contributed by atoms with Crippen LogP contribution in [0.2, 0.25) is 0 Å². The number of anilines is 1. The maximum absolute atomic E-state index is 13.3. The number of carbonyl (C=O) groups is 1. The lowest BCUT2D eigenvalue weighted by Gasteiger charge is -2.22. The van der Waals surface area contributed by atoms with E-state index in [2.05, 4.69) is 10.2 Å².